The fourth-order valence-corrected chi connectivity index (χ4v) is 5.33. The van der Waals surface area contributed by atoms with Gasteiger partial charge in [0.15, 0.2) is 5.13 Å². The molecule has 3 aromatic carbocycles. The molecule has 5 rings (SSSR count). The van der Waals surface area contributed by atoms with E-state index in [9.17, 15) is 19.8 Å². The summed E-state index contributed by atoms with van der Waals surface area (Å²) in [7, 11) is 1.47. The first-order valence-corrected chi connectivity index (χ1v) is 11.7. The van der Waals surface area contributed by atoms with Crippen LogP contribution in [-0.2, 0) is 9.59 Å². The zero-order valence-corrected chi connectivity index (χ0v) is 20.1. The normalized spacial score (nSPS) is 17.3. The molecule has 2 N–H and O–H groups in total. The van der Waals surface area contributed by atoms with Gasteiger partial charge in [0.2, 0.25) is 0 Å². The zero-order valence-electron chi connectivity index (χ0n) is 19.3. The van der Waals surface area contributed by atoms with E-state index in [0.29, 0.717) is 22.0 Å². The molecule has 35 heavy (non-hydrogen) atoms. The number of hydrogen-bond donors (Lipinski definition) is 2. The van der Waals surface area contributed by atoms with E-state index in [-0.39, 0.29) is 17.1 Å². The molecule has 1 aromatic heterocycles. The number of amides is 1. The zero-order chi connectivity index (χ0) is 24.9. The molecular weight excluding hydrogens is 464 g/mol. The lowest BCUT2D eigenvalue weighted by Gasteiger charge is -2.23. The number of Topliss-reactive ketones (excluding diaryl/α,β-unsaturated/α-hetero) is 1. The SMILES string of the molecule is COc1ccccc1/C(O)=C1\C(=O)C(=O)N(c2nc3cc(C)c(C)cc3s2)C1c1ccc(O)cc1. The van der Waals surface area contributed by atoms with E-state index >= 15 is 0 Å². The highest BCUT2D eigenvalue weighted by Gasteiger charge is 2.48. The van der Waals surface area contributed by atoms with Gasteiger partial charge in [-0.3, -0.25) is 14.5 Å². The van der Waals surface area contributed by atoms with Gasteiger partial charge in [-0.05, 0) is 66.9 Å². The van der Waals surface area contributed by atoms with Crippen molar-refractivity contribution in [3.05, 3.63) is 88.5 Å². The highest BCUT2D eigenvalue weighted by Crippen LogP contribution is 2.45. The van der Waals surface area contributed by atoms with E-state index in [1.807, 2.05) is 26.0 Å². The number of anilines is 1. The van der Waals surface area contributed by atoms with E-state index < -0.39 is 17.7 Å². The van der Waals surface area contributed by atoms with Crippen molar-refractivity contribution in [1.82, 2.24) is 4.98 Å². The number of phenols is 1. The summed E-state index contributed by atoms with van der Waals surface area (Å²) in [6.45, 7) is 3.99. The Bertz CT molecular complexity index is 1480. The van der Waals surface area contributed by atoms with Crippen molar-refractivity contribution in [1.29, 1.82) is 0 Å². The Labute approximate surface area is 205 Å². The molecule has 1 unspecified atom stereocenters. The van der Waals surface area contributed by atoms with Gasteiger partial charge in [-0.25, -0.2) is 4.98 Å². The number of aromatic hydroxyl groups is 1. The standard InChI is InChI=1S/C27H22N2O5S/c1-14-12-19-21(13-15(14)2)35-27(28-19)29-23(16-8-10-17(30)11-9-16)22(25(32)26(29)33)24(31)18-6-4-5-7-20(18)34-3/h4-13,23,30-31H,1-3H3/b24-22+. The van der Waals surface area contributed by atoms with Crippen molar-refractivity contribution in [2.45, 2.75) is 19.9 Å². The topological polar surface area (TPSA) is 100.0 Å². The average Bonchev–Trinajstić information content (AvgIpc) is 3.37. The molecule has 0 aliphatic carbocycles. The van der Waals surface area contributed by atoms with Gasteiger partial charge in [-0.1, -0.05) is 35.6 Å². The number of ether oxygens (including phenoxy) is 1. The Kier molecular flexibility index (Phi) is 5.53. The van der Waals surface area contributed by atoms with Gasteiger partial charge in [0.05, 0.1) is 34.5 Å². The molecule has 0 bridgehead atoms. The van der Waals surface area contributed by atoms with Crippen LogP contribution in [0.15, 0.2) is 66.2 Å². The third-order valence-electron chi connectivity index (χ3n) is 6.21. The number of aryl methyl sites for hydroxylation is 2. The molecule has 1 amide bonds. The molecule has 1 saturated heterocycles. The summed E-state index contributed by atoms with van der Waals surface area (Å²) in [6, 6.07) is 16.0. The van der Waals surface area contributed by atoms with Crippen molar-refractivity contribution in [3.63, 3.8) is 0 Å². The second-order valence-electron chi connectivity index (χ2n) is 8.36. The first-order valence-electron chi connectivity index (χ1n) is 10.9. The maximum atomic E-state index is 13.4. The van der Waals surface area contributed by atoms with Crippen molar-refractivity contribution < 1.29 is 24.5 Å². The quantitative estimate of drug-likeness (QED) is 0.232. The van der Waals surface area contributed by atoms with Crippen LogP contribution in [0, 0.1) is 13.8 Å². The minimum Gasteiger partial charge on any atom is -0.508 e. The molecule has 0 radical (unpaired) electrons. The fourth-order valence-electron chi connectivity index (χ4n) is 4.26. The van der Waals surface area contributed by atoms with Crippen LogP contribution in [0.2, 0.25) is 0 Å². The van der Waals surface area contributed by atoms with Crippen LogP contribution < -0.4 is 9.64 Å². The van der Waals surface area contributed by atoms with E-state index in [0.717, 1.165) is 21.3 Å². The number of aliphatic hydroxyl groups excluding tert-OH is 1. The Balaban J connectivity index is 1.75. The third kappa shape index (κ3) is 3.72. The lowest BCUT2D eigenvalue weighted by Crippen LogP contribution is -2.29. The van der Waals surface area contributed by atoms with Crippen LogP contribution in [0.5, 0.6) is 11.5 Å². The van der Waals surface area contributed by atoms with Crippen LogP contribution in [0.4, 0.5) is 5.13 Å². The number of thiazole rings is 1. The van der Waals surface area contributed by atoms with Crippen molar-refractivity contribution in [2.75, 3.05) is 12.0 Å². The number of carbonyl (C=O) groups excluding carboxylic acids is 2. The van der Waals surface area contributed by atoms with Gasteiger partial charge in [-0.15, -0.1) is 0 Å². The van der Waals surface area contributed by atoms with Gasteiger partial charge >= 0.3 is 5.91 Å². The summed E-state index contributed by atoms with van der Waals surface area (Å²) in [4.78, 5) is 32.7. The molecule has 1 fully saturated rings. The summed E-state index contributed by atoms with van der Waals surface area (Å²) >= 11 is 1.31. The van der Waals surface area contributed by atoms with Crippen molar-refractivity contribution in [2.24, 2.45) is 0 Å². The predicted octanol–water partition coefficient (Wildman–Crippen LogP) is 5.25. The molecule has 2 heterocycles. The summed E-state index contributed by atoms with van der Waals surface area (Å²) < 4.78 is 6.26. The molecule has 1 atom stereocenters. The number of aliphatic hydroxyl groups is 1. The minimum absolute atomic E-state index is 0.0429. The highest BCUT2D eigenvalue weighted by atomic mass is 32.1. The number of benzene rings is 3. The number of carbonyl (C=O) groups is 2. The first-order chi connectivity index (χ1) is 16.8. The van der Waals surface area contributed by atoms with Crippen LogP contribution in [0.25, 0.3) is 16.0 Å². The number of fused-ring (bicyclic) bond motifs is 1. The molecule has 176 valence electrons. The van der Waals surface area contributed by atoms with E-state index in [1.54, 1.807) is 36.4 Å². The number of methoxy groups -OCH3 is 1. The van der Waals surface area contributed by atoms with E-state index in [2.05, 4.69) is 4.98 Å². The lowest BCUT2D eigenvalue weighted by molar-refractivity contribution is -0.132. The van der Waals surface area contributed by atoms with Crippen molar-refractivity contribution in [3.8, 4) is 11.5 Å². The molecule has 8 heteroatoms. The maximum Gasteiger partial charge on any atom is 0.301 e. The Hall–Kier alpha value is -4.17. The van der Waals surface area contributed by atoms with Gasteiger partial charge in [0, 0.05) is 0 Å². The Morgan fingerprint density at radius 2 is 1.71 bits per heavy atom. The number of rotatable bonds is 4. The number of aromatic nitrogens is 1. The number of hydrogen-bond acceptors (Lipinski definition) is 7. The fraction of sp³-hybridized carbons (Fsp3) is 0.148. The number of para-hydroxylation sites is 1. The van der Waals surface area contributed by atoms with Crippen LogP contribution in [-0.4, -0.2) is 34.0 Å². The monoisotopic (exact) mass is 486 g/mol. The van der Waals surface area contributed by atoms with E-state index in [1.165, 1.54) is 35.5 Å². The van der Waals surface area contributed by atoms with Crippen LogP contribution in [0.1, 0.15) is 28.3 Å². The summed E-state index contributed by atoms with van der Waals surface area (Å²) in [5, 5.41) is 21.5. The highest BCUT2D eigenvalue weighted by molar-refractivity contribution is 7.22. The van der Waals surface area contributed by atoms with Gasteiger partial charge < -0.3 is 14.9 Å². The summed E-state index contributed by atoms with van der Waals surface area (Å²) in [5.41, 5.74) is 3.67. The number of phenolic OH excluding ortho intramolecular Hbond substituents is 1. The second kappa shape index (κ2) is 8.56. The predicted molar refractivity (Wildman–Crippen MR) is 135 cm³/mol. The summed E-state index contributed by atoms with van der Waals surface area (Å²) in [5.74, 6) is -1.53. The van der Waals surface area contributed by atoms with E-state index in [4.69, 9.17) is 4.74 Å². The summed E-state index contributed by atoms with van der Waals surface area (Å²) in [6.07, 6.45) is 0. The first kappa shape index (κ1) is 22.6. The smallest absolute Gasteiger partial charge is 0.301 e. The van der Waals surface area contributed by atoms with Crippen LogP contribution in [0.3, 0.4) is 0 Å². The number of nitrogens with zero attached hydrogens (tertiary/aromatic N) is 2. The lowest BCUT2D eigenvalue weighted by atomic mass is 9.95. The Morgan fingerprint density at radius 1 is 1.03 bits per heavy atom. The molecule has 0 saturated carbocycles. The molecule has 7 nitrogen and oxygen atoms in total. The molecule has 4 aromatic rings. The molecule has 0 spiro atoms. The number of ketones is 1. The Morgan fingerprint density at radius 3 is 2.43 bits per heavy atom. The van der Waals surface area contributed by atoms with Gasteiger partial charge in [-0.2, -0.15) is 0 Å². The average molecular weight is 487 g/mol. The van der Waals surface area contributed by atoms with Crippen molar-refractivity contribution >= 4 is 44.1 Å². The molecule has 1 aliphatic rings. The second-order valence-corrected chi connectivity index (χ2v) is 9.37. The molecular formula is C27H22N2O5S. The van der Waals surface area contributed by atoms with Gasteiger partial charge in [0.1, 0.15) is 17.3 Å². The maximum absolute atomic E-state index is 13.4. The third-order valence-corrected chi connectivity index (χ3v) is 7.23. The molecule has 1 aliphatic heterocycles. The largest absolute Gasteiger partial charge is 0.508 e. The van der Waals surface area contributed by atoms with Crippen LogP contribution >= 0.6 is 11.3 Å². The van der Waals surface area contributed by atoms with Gasteiger partial charge in [0.25, 0.3) is 5.78 Å². The minimum atomic E-state index is -0.941.